The second kappa shape index (κ2) is 2.46. The topological polar surface area (TPSA) is 9.23 Å². The minimum atomic E-state index is 0.315. The van der Waals surface area contributed by atoms with Gasteiger partial charge in [-0.05, 0) is 13.8 Å². The fourth-order valence-corrected chi connectivity index (χ4v) is 0.632. The Bertz CT molecular complexity index is 63.4. The lowest BCUT2D eigenvalue weighted by Gasteiger charge is -2.23. The molecule has 0 aliphatic carbocycles. The Hall–Kier alpha value is -0.0800. The maximum atomic E-state index is 5.38. The highest BCUT2D eigenvalue weighted by atomic mass is 16.7. The summed E-state index contributed by atoms with van der Waals surface area (Å²) in [5.41, 5.74) is 0. The standard InChI is InChI=1S/C6H16NO/c1-6(2)8-7(3,4)5/h6H,1-5H3/q+1. The van der Waals surface area contributed by atoms with Gasteiger partial charge in [0.05, 0.1) is 21.1 Å². The highest BCUT2D eigenvalue weighted by molar-refractivity contribution is 4.25. The molecule has 0 rings (SSSR count). The summed E-state index contributed by atoms with van der Waals surface area (Å²) in [6, 6.07) is 0. The third-order valence-electron chi connectivity index (χ3n) is 0.527. The zero-order chi connectivity index (χ0) is 6.78. The van der Waals surface area contributed by atoms with Crippen molar-refractivity contribution in [2.24, 2.45) is 0 Å². The van der Waals surface area contributed by atoms with Crippen molar-refractivity contribution in [2.75, 3.05) is 21.1 Å². The second-order valence-electron chi connectivity index (χ2n) is 3.04. The fraction of sp³-hybridized carbons (Fsp3) is 1.00. The van der Waals surface area contributed by atoms with E-state index in [0.29, 0.717) is 10.8 Å². The molecular weight excluding hydrogens is 102 g/mol. The zero-order valence-corrected chi connectivity index (χ0v) is 6.43. The highest BCUT2D eigenvalue weighted by Gasteiger charge is 2.09. The van der Waals surface area contributed by atoms with Gasteiger partial charge in [-0.15, -0.1) is 0 Å². The summed E-state index contributed by atoms with van der Waals surface area (Å²) in [6.45, 7) is 4.06. The highest BCUT2D eigenvalue weighted by Crippen LogP contribution is 1.97. The van der Waals surface area contributed by atoms with Gasteiger partial charge in [0.1, 0.15) is 6.10 Å². The molecule has 0 fully saturated rings. The predicted molar refractivity (Wildman–Crippen MR) is 34.3 cm³/mol. The molecule has 2 nitrogen and oxygen atoms in total. The van der Waals surface area contributed by atoms with Crippen LogP contribution in [-0.4, -0.2) is 31.9 Å². The first-order valence-electron chi connectivity index (χ1n) is 2.91. The summed E-state index contributed by atoms with van der Waals surface area (Å²) in [5, 5.41) is 0. The molecule has 0 heterocycles. The van der Waals surface area contributed by atoms with Gasteiger partial charge in [-0.2, -0.15) is 4.65 Å². The van der Waals surface area contributed by atoms with Crippen molar-refractivity contribution >= 4 is 0 Å². The van der Waals surface area contributed by atoms with E-state index in [9.17, 15) is 0 Å². The molecule has 8 heavy (non-hydrogen) atoms. The molecule has 0 aromatic rings. The Morgan fingerprint density at radius 2 is 1.50 bits per heavy atom. The van der Waals surface area contributed by atoms with Crippen molar-refractivity contribution in [3.05, 3.63) is 0 Å². The molecule has 0 unspecified atom stereocenters. The van der Waals surface area contributed by atoms with E-state index >= 15 is 0 Å². The van der Waals surface area contributed by atoms with Gasteiger partial charge in [0.15, 0.2) is 0 Å². The molecule has 0 amide bonds. The lowest BCUT2D eigenvalue weighted by Crippen LogP contribution is -2.36. The van der Waals surface area contributed by atoms with E-state index in [1.807, 2.05) is 35.0 Å². The van der Waals surface area contributed by atoms with E-state index in [4.69, 9.17) is 4.84 Å². The van der Waals surface area contributed by atoms with Crippen LogP contribution in [0.5, 0.6) is 0 Å². The Morgan fingerprint density at radius 3 is 1.50 bits per heavy atom. The first kappa shape index (κ1) is 7.92. The molecule has 0 bridgehead atoms. The van der Waals surface area contributed by atoms with Crippen LogP contribution in [0.4, 0.5) is 0 Å². The molecule has 50 valence electrons. The molecule has 0 N–H and O–H groups in total. The largest absolute Gasteiger partial charge is 0.201 e. The van der Waals surface area contributed by atoms with Gasteiger partial charge < -0.3 is 0 Å². The van der Waals surface area contributed by atoms with Gasteiger partial charge >= 0.3 is 0 Å². The van der Waals surface area contributed by atoms with Gasteiger partial charge in [-0.3, -0.25) is 0 Å². The maximum Gasteiger partial charge on any atom is 0.111 e. The molecule has 0 saturated carbocycles. The van der Waals surface area contributed by atoms with Crippen molar-refractivity contribution in [3.63, 3.8) is 0 Å². The van der Waals surface area contributed by atoms with Crippen LogP contribution in [0, 0.1) is 0 Å². The Labute approximate surface area is 51.6 Å². The summed E-state index contributed by atoms with van der Waals surface area (Å²) in [6.07, 6.45) is 0.315. The average Bonchev–Trinajstić information content (AvgIpc) is 1.21. The van der Waals surface area contributed by atoms with Crippen molar-refractivity contribution in [1.29, 1.82) is 0 Å². The van der Waals surface area contributed by atoms with Crippen LogP contribution in [0.3, 0.4) is 0 Å². The Balaban J connectivity index is 3.39. The average molecular weight is 118 g/mol. The first-order valence-corrected chi connectivity index (χ1v) is 2.91. The summed E-state index contributed by atoms with van der Waals surface area (Å²) >= 11 is 0. The summed E-state index contributed by atoms with van der Waals surface area (Å²) in [7, 11) is 6.00. The minimum Gasteiger partial charge on any atom is -0.201 e. The van der Waals surface area contributed by atoms with Gasteiger partial charge in [0, 0.05) is 0 Å². The number of hydrogen-bond donors (Lipinski definition) is 0. The van der Waals surface area contributed by atoms with E-state index in [-0.39, 0.29) is 0 Å². The minimum absolute atomic E-state index is 0.315. The summed E-state index contributed by atoms with van der Waals surface area (Å²) < 4.78 is 0.581. The molecule has 0 aromatic carbocycles. The predicted octanol–water partition coefficient (Wildman–Crippen LogP) is 1.03. The van der Waals surface area contributed by atoms with Crippen LogP contribution in [0.25, 0.3) is 0 Å². The number of hydrogen-bond acceptors (Lipinski definition) is 1. The van der Waals surface area contributed by atoms with Crippen molar-refractivity contribution in [1.82, 2.24) is 0 Å². The summed E-state index contributed by atoms with van der Waals surface area (Å²) in [4.78, 5) is 5.38. The third kappa shape index (κ3) is 5.92. The third-order valence-corrected chi connectivity index (χ3v) is 0.527. The maximum absolute atomic E-state index is 5.38. The van der Waals surface area contributed by atoms with Crippen LogP contribution >= 0.6 is 0 Å². The molecule has 0 aliphatic rings. The van der Waals surface area contributed by atoms with E-state index in [1.165, 1.54) is 0 Å². The van der Waals surface area contributed by atoms with Gasteiger partial charge in [-0.25, -0.2) is 4.84 Å². The van der Waals surface area contributed by atoms with Crippen LogP contribution in [-0.2, 0) is 4.84 Å². The zero-order valence-electron chi connectivity index (χ0n) is 6.43. The van der Waals surface area contributed by atoms with Gasteiger partial charge in [0.25, 0.3) is 0 Å². The fourth-order valence-electron chi connectivity index (χ4n) is 0.632. The smallest absolute Gasteiger partial charge is 0.111 e. The molecule has 2 heteroatoms. The summed E-state index contributed by atoms with van der Waals surface area (Å²) in [5.74, 6) is 0. The quantitative estimate of drug-likeness (QED) is 0.389. The lowest BCUT2D eigenvalue weighted by molar-refractivity contribution is -1.07. The number of nitrogens with zero attached hydrogens (tertiary/aromatic N) is 1. The van der Waals surface area contributed by atoms with Crippen molar-refractivity contribution < 1.29 is 9.48 Å². The van der Waals surface area contributed by atoms with Crippen molar-refractivity contribution in [3.8, 4) is 0 Å². The SMILES string of the molecule is CC(C)O[N+](C)(C)C. The number of quaternary nitrogens is 1. The van der Waals surface area contributed by atoms with Crippen LogP contribution in [0.15, 0.2) is 0 Å². The second-order valence-corrected chi connectivity index (χ2v) is 3.04. The van der Waals surface area contributed by atoms with Gasteiger partial charge in [-0.1, -0.05) is 0 Å². The monoisotopic (exact) mass is 118 g/mol. The van der Waals surface area contributed by atoms with Crippen LogP contribution in [0.1, 0.15) is 13.8 Å². The van der Waals surface area contributed by atoms with Crippen LogP contribution < -0.4 is 0 Å². The van der Waals surface area contributed by atoms with Crippen LogP contribution in [0.2, 0.25) is 0 Å². The number of rotatable bonds is 2. The molecule has 0 aromatic heterocycles. The molecule has 0 spiro atoms. The molecule has 0 aliphatic heterocycles. The van der Waals surface area contributed by atoms with Crippen molar-refractivity contribution in [2.45, 2.75) is 20.0 Å². The first-order chi connectivity index (χ1) is 3.42. The van der Waals surface area contributed by atoms with E-state index < -0.39 is 0 Å². The molecule has 0 atom stereocenters. The van der Waals surface area contributed by atoms with E-state index in [1.54, 1.807) is 0 Å². The molecule has 0 radical (unpaired) electrons. The van der Waals surface area contributed by atoms with E-state index in [0.717, 1.165) is 0 Å². The number of hydroxylamine groups is 3. The molecule has 0 saturated heterocycles. The van der Waals surface area contributed by atoms with E-state index in [2.05, 4.69) is 0 Å². The Kier molecular flexibility index (Phi) is 2.44. The lowest BCUT2D eigenvalue weighted by atomic mass is 10.5. The molecular formula is C6H16NO+. The normalized spacial score (nSPS) is 12.8. The Morgan fingerprint density at radius 1 is 1.12 bits per heavy atom. The van der Waals surface area contributed by atoms with Gasteiger partial charge in [0.2, 0.25) is 0 Å².